The molecule has 2 aliphatic heterocycles. The summed E-state index contributed by atoms with van der Waals surface area (Å²) >= 11 is 0. The summed E-state index contributed by atoms with van der Waals surface area (Å²) in [5.41, 5.74) is 0. The number of rotatable bonds is 2. The molecule has 0 aromatic carbocycles. The van der Waals surface area contributed by atoms with E-state index in [2.05, 4.69) is 17.3 Å². The molecule has 0 aliphatic carbocycles. The maximum absolute atomic E-state index is 11.7. The first-order valence-corrected chi connectivity index (χ1v) is 5.88. The number of amides is 2. The Hall–Kier alpha value is -1.10. The van der Waals surface area contributed by atoms with Gasteiger partial charge in [0, 0.05) is 26.1 Å². The molecule has 0 radical (unpaired) electrons. The summed E-state index contributed by atoms with van der Waals surface area (Å²) in [5, 5.41) is 2.62. The van der Waals surface area contributed by atoms with Crippen LogP contribution in [0.5, 0.6) is 0 Å². The molecule has 90 valence electrons. The maximum Gasteiger partial charge on any atom is 0.241 e. The van der Waals surface area contributed by atoms with Crippen molar-refractivity contribution in [1.82, 2.24) is 15.1 Å². The zero-order chi connectivity index (χ0) is 11.5. The first-order chi connectivity index (χ1) is 7.65. The van der Waals surface area contributed by atoms with Crippen molar-refractivity contribution in [2.75, 3.05) is 39.8 Å². The number of hydrogen-bond acceptors (Lipinski definition) is 3. The Labute approximate surface area is 95.8 Å². The van der Waals surface area contributed by atoms with Crippen LogP contribution in [-0.2, 0) is 9.59 Å². The van der Waals surface area contributed by atoms with E-state index in [9.17, 15) is 9.59 Å². The molecule has 0 aromatic heterocycles. The molecule has 2 saturated heterocycles. The van der Waals surface area contributed by atoms with Gasteiger partial charge in [0.25, 0.3) is 0 Å². The molecule has 16 heavy (non-hydrogen) atoms. The number of likely N-dealkylation sites (tertiary alicyclic amines) is 1. The summed E-state index contributed by atoms with van der Waals surface area (Å²) in [4.78, 5) is 27.0. The Bertz CT molecular complexity index is 293. The second-order valence-corrected chi connectivity index (χ2v) is 4.78. The van der Waals surface area contributed by atoms with E-state index in [4.69, 9.17) is 0 Å². The molecule has 0 bridgehead atoms. The van der Waals surface area contributed by atoms with Crippen LogP contribution >= 0.6 is 0 Å². The van der Waals surface area contributed by atoms with Crippen LogP contribution in [-0.4, -0.2) is 61.4 Å². The molecule has 1 N–H and O–H groups in total. The van der Waals surface area contributed by atoms with Gasteiger partial charge in [-0.05, 0) is 25.9 Å². The van der Waals surface area contributed by atoms with E-state index >= 15 is 0 Å². The Morgan fingerprint density at radius 2 is 2.19 bits per heavy atom. The molecule has 5 nitrogen and oxygen atoms in total. The predicted octanol–water partition coefficient (Wildman–Crippen LogP) is -0.713. The summed E-state index contributed by atoms with van der Waals surface area (Å²) in [7, 11) is 2.11. The molecule has 2 fully saturated rings. The molecule has 0 saturated carbocycles. The fourth-order valence-electron chi connectivity index (χ4n) is 2.42. The largest absolute Gasteiger partial charge is 0.347 e. The van der Waals surface area contributed by atoms with Crippen molar-refractivity contribution < 1.29 is 9.59 Å². The number of carbonyl (C=O) groups is 2. The molecular formula is C11H19N3O2. The van der Waals surface area contributed by atoms with E-state index in [1.165, 1.54) is 0 Å². The van der Waals surface area contributed by atoms with Crippen LogP contribution in [0, 0.1) is 5.92 Å². The first-order valence-electron chi connectivity index (χ1n) is 5.88. The molecule has 2 amide bonds. The number of nitrogens with one attached hydrogen (secondary N) is 1. The van der Waals surface area contributed by atoms with Gasteiger partial charge in [0.05, 0.1) is 6.54 Å². The van der Waals surface area contributed by atoms with Gasteiger partial charge in [-0.3, -0.25) is 9.59 Å². The summed E-state index contributed by atoms with van der Waals surface area (Å²) in [6.07, 6.45) is 1.59. The summed E-state index contributed by atoms with van der Waals surface area (Å²) < 4.78 is 0. The van der Waals surface area contributed by atoms with E-state index in [-0.39, 0.29) is 18.4 Å². The minimum absolute atomic E-state index is 0.0145. The average Bonchev–Trinajstić information content (AvgIpc) is 2.59. The van der Waals surface area contributed by atoms with E-state index < -0.39 is 0 Å². The Morgan fingerprint density at radius 1 is 1.38 bits per heavy atom. The number of carbonyl (C=O) groups excluding carboxylic acids is 2. The Morgan fingerprint density at radius 3 is 2.88 bits per heavy atom. The third kappa shape index (κ3) is 2.72. The molecule has 1 unspecified atom stereocenters. The molecule has 0 aromatic rings. The van der Waals surface area contributed by atoms with Crippen molar-refractivity contribution in [1.29, 1.82) is 0 Å². The standard InChI is InChI=1S/C11H19N3O2/c1-13-4-2-9(7-13)8-14-5-3-10(15)12-6-11(14)16/h9H,2-8H2,1H3,(H,12,15). The Kier molecular flexibility index (Phi) is 3.43. The van der Waals surface area contributed by atoms with E-state index in [0.29, 0.717) is 18.9 Å². The van der Waals surface area contributed by atoms with Gasteiger partial charge in [0.2, 0.25) is 11.8 Å². The SMILES string of the molecule is CN1CCC(CN2CCC(=O)NCC2=O)C1. The third-order valence-corrected chi connectivity index (χ3v) is 3.37. The summed E-state index contributed by atoms with van der Waals surface area (Å²) in [6.45, 7) is 3.72. The summed E-state index contributed by atoms with van der Waals surface area (Å²) in [5.74, 6) is 0.613. The van der Waals surface area contributed by atoms with Gasteiger partial charge in [0.1, 0.15) is 0 Å². The van der Waals surface area contributed by atoms with Crippen molar-refractivity contribution >= 4 is 11.8 Å². The van der Waals surface area contributed by atoms with E-state index in [1.54, 1.807) is 0 Å². The normalized spacial score (nSPS) is 28.1. The van der Waals surface area contributed by atoms with E-state index in [0.717, 1.165) is 26.1 Å². The topological polar surface area (TPSA) is 52.6 Å². The van der Waals surface area contributed by atoms with Gasteiger partial charge in [-0.15, -0.1) is 0 Å². The lowest BCUT2D eigenvalue weighted by molar-refractivity contribution is -0.130. The zero-order valence-electron chi connectivity index (χ0n) is 9.74. The lowest BCUT2D eigenvalue weighted by Crippen LogP contribution is -2.38. The quantitative estimate of drug-likeness (QED) is 0.675. The van der Waals surface area contributed by atoms with Crippen LogP contribution < -0.4 is 5.32 Å². The van der Waals surface area contributed by atoms with Crippen LogP contribution in [0.1, 0.15) is 12.8 Å². The van der Waals surface area contributed by atoms with Gasteiger partial charge in [0.15, 0.2) is 0 Å². The fraction of sp³-hybridized carbons (Fsp3) is 0.818. The highest BCUT2D eigenvalue weighted by Gasteiger charge is 2.26. The molecule has 5 heteroatoms. The van der Waals surface area contributed by atoms with Gasteiger partial charge < -0.3 is 15.1 Å². The molecule has 0 spiro atoms. The minimum atomic E-state index is -0.0145. The average molecular weight is 225 g/mol. The second kappa shape index (κ2) is 4.82. The molecular weight excluding hydrogens is 206 g/mol. The minimum Gasteiger partial charge on any atom is -0.347 e. The zero-order valence-corrected chi connectivity index (χ0v) is 9.74. The molecule has 2 heterocycles. The fourth-order valence-corrected chi connectivity index (χ4v) is 2.42. The van der Waals surface area contributed by atoms with Crippen molar-refractivity contribution in [3.63, 3.8) is 0 Å². The number of hydrogen-bond donors (Lipinski definition) is 1. The van der Waals surface area contributed by atoms with Crippen LogP contribution in [0.25, 0.3) is 0 Å². The van der Waals surface area contributed by atoms with Crippen molar-refractivity contribution in [3.8, 4) is 0 Å². The predicted molar refractivity (Wildman–Crippen MR) is 59.8 cm³/mol. The van der Waals surface area contributed by atoms with E-state index in [1.807, 2.05) is 4.90 Å². The molecule has 1 atom stereocenters. The van der Waals surface area contributed by atoms with Gasteiger partial charge >= 0.3 is 0 Å². The number of nitrogens with zero attached hydrogens (tertiary/aromatic N) is 2. The first kappa shape index (κ1) is 11.4. The lowest BCUT2D eigenvalue weighted by Gasteiger charge is -2.23. The van der Waals surface area contributed by atoms with Crippen LogP contribution in [0.3, 0.4) is 0 Å². The smallest absolute Gasteiger partial charge is 0.241 e. The molecule has 2 aliphatic rings. The lowest BCUT2D eigenvalue weighted by atomic mass is 10.1. The van der Waals surface area contributed by atoms with Crippen LogP contribution in [0.2, 0.25) is 0 Å². The van der Waals surface area contributed by atoms with Crippen molar-refractivity contribution in [3.05, 3.63) is 0 Å². The summed E-state index contributed by atoms with van der Waals surface area (Å²) in [6, 6.07) is 0. The highest BCUT2D eigenvalue weighted by atomic mass is 16.2. The van der Waals surface area contributed by atoms with Gasteiger partial charge in [-0.25, -0.2) is 0 Å². The monoisotopic (exact) mass is 225 g/mol. The third-order valence-electron chi connectivity index (χ3n) is 3.37. The van der Waals surface area contributed by atoms with Crippen LogP contribution in [0.15, 0.2) is 0 Å². The highest BCUT2D eigenvalue weighted by molar-refractivity contribution is 5.87. The highest BCUT2D eigenvalue weighted by Crippen LogP contribution is 2.16. The maximum atomic E-state index is 11.7. The molecule has 2 rings (SSSR count). The van der Waals surface area contributed by atoms with Crippen LogP contribution in [0.4, 0.5) is 0 Å². The van der Waals surface area contributed by atoms with Crippen molar-refractivity contribution in [2.24, 2.45) is 5.92 Å². The second-order valence-electron chi connectivity index (χ2n) is 4.78. The van der Waals surface area contributed by atoms with Gasteiger partial charge in [-0.2, -0.15) is 0 Å². The van der Waals surface area contributed by atoms with Crippen molar-refractivity contribution in [2.45, 2.75) is 12.8 Å². The Balaban J connectivity index is 1.87. The van der Waals surface area contributed by atoms with Gasteiger partial charge in [-0.1, -0.05) is 0 Å².